The third-order valence-electron chi connectivity index (χ3n) is 6.60. The molecule has 2 aliphatic heterocycles. The van der Waals surface area contributed by atoms with Gasteiger partial charge in [0.15, 0.2) is 5.13 Å². The highest BCUT2D eigenvalue weighted by molar-refractivity contribution is 7.89. The van der Waals surface area contributed by atoms with Crippen LogP contribution in [0.4, 0.5) is 5.13 Å². The third-order valence-corrected chi connectivity index (χ3v) is 9.31. The molecule has 1 aromatic heterocycles. The number of nitrogens with zero attached hydrogens (tertiary/aromatic N) is 3. The molecule has 0 spiro atoms. The van der Waals surface area contributed by atoms with Gasteiger partial charge in [-0.05, 0) is 50.2 Å². The summed E-state index contributed by atoms with van der Waals surface area (Å²) in [5.74, 6) is 1.13. The Kier molecular flexibility index (Phi) is 7.53. The van der Waals surface area contributed by atoms with E-state index in [0.29, 0.717) is 47.8 Å². The van der Waals surface area contributed by atoms with Crippen LogP contribution < -0.4 is 5.32 Å². The average molecular weight is 491 g/mol. The van der Waals surface area contributed by atoms with Crippen LogP contribution in [0.1, 0.15) is 44.4 Å². The predicted molar refractivity (Wildman–Crippen MR) is 132 cm³/mol. The Hall–Kier alpha value is -1.81. The summed E-state index contributed by atoms with van der Waals surface area (Å²) in [7, 11) is -3.52. The van der Waals surface area contributed by atoms with Crippen molar-refractivity contribution in [3.63, 3.8) is 0 Å². The largest absolute Gasteiger partial charge is 0.302 e. The van der Waals surface area contributed by atoms with Crippen LogP contribution >= 0.6 is 11.3 Å². The standard InChI is InChI=1S/C24H34N4O3S2/c1-17-4-6-22(7-5-17)33(30,31)28-10-8-20(9-11-28)23(29)26-24-25-21(16-32-24)15-27-13-18(2)12-19(3)14-27/h4-7,16,18-20H,8-15H2,1-3H3,(H,25,26,29). The van der Waals surface area contributed by atoms with Crippen molar-refractivity contribution >= 4 is 32.4 Å². The van der Waals surface area contributed by atoms with Crippen LogP contribution in [-0.2, 0) is 21.4 Å². The fourth-order valence-electron chi connectivity index (χ4n) is 5.01. The van der Waals surface area contributed by atoms with E-state index in [-0.39, 0.29) is 11.8 Å². The molecule has 9 heteroatoms. The Morgan fingerprint density at radius 2 is 1.76 bits per heavy atom. The zero-order valence-corrected chi connectivity index (χ0v) is 21.3. The number of hydrogen-bond acceptors (Lipinski definition) is 6. The first-order valence-corrected chi connectivity index (χ1v) is 14.1. The van der Waals surface area contributed by atoms with E-state index in [1.54, 1.807) is 12.1 Å². The molecule has 0 saturated carbocycles. The highest BCUT2D eigenvalue weighted by Crippen LogP contribution is 2.27. The minimum Gasteiger partial charge on any atom is -0.302 e. The molecule has 0 aliphatic carbocycles. The van der Waals surface area contributed by atoms with E-state index in [2.05, 4.69) is 29.0 Å². The molecule has 7 nitrogen and oxygen atoms in total. The van der Waals surface area contributed by atoms with Crippen molar-refractivity contribution in [2.75, 3.05) is 31.5 Å². The van der Waals surface area contributed by atoms with Crippen LogP contribution in [-0.4, -0.2) is 54.7 Å². The van der Waals surface area contributed by atoms with E-state index in [0.717, 1.165) is 30.9 Å². The van der Waals surface area contributed by atoms with E-state index in [9.17, 15) is 13.2 Å². The summed E-state index contributed by atoms with van der Waals surface area (Å²) in [5, 5.41) is 5.61. The molecular formula is C24H34N4O3S2. The second-order valence-electron chi connectivity index (χ2n) is 9.76. The predicted octanol–water partition coefficient (Wildman–Crippen LogP) is 3.97. The fourth-order valence-corrected chi connectivity index (χ4v) is 7.19. The van der Waals surface area contributed by atoms with Gasteiger partial charge in [0.1, 0.15) is 0 Å². The monoisotopic (exact) mass is 490 g/mol. The molecule has 2 saturated heterocycles. The van der Waals surface area contributed by atoms with Crippen LogP contribution in [0.3, 0.4) is 0 Å². The number of nitrogens with one attached hydrogen (secondary N) is 1. The lowest BCUT2D eigenvalue weighted by Crippen LogP contribution is -2.41. The lowest BCUT2D eigenvalue weighted by molar-refractivity contribution is -0.120. The summed E-state index contributed by atoms with van der Waals surface area (Å²) >= 11 is 1.46. The van der Waals surface area contributed by atoms with E-state index < -0.39 is 10.0 Å². The Morgan fingerprint density at radius 3 is 2.39 bits per heavy atom. The number of carbonyl (C=O) groups excluding carboxylic acids is 1. The number of aryl methyl sites for hydroxylation is 1. The Labute approximate surface area is 201 Å². The summed E-state index contributed by atoms with van der Waals surface area (Å²) in [6.45, 7) is 10.2. The van der Waals surface area contributed by atoms with Crippen molar-refractivity contribution in [3.05, 3.63) is 40.9 Å². The first kappa shape index (κ1) is 24.3. The number of thiazole rings is 1. The maximum absolute atomic E-state index is 12.9. The summed E-state index contributed by atoms with van der Waals surface area (Å²) < 4.78 is 27.3. The number of piperidine rings is 2. The quantitative estimate of drug-likeness (QED) is 0.663. The highest BCUT2D eigenvalue weighted by atomic mass is 32.2. The molecule has 2 atom stereocenters. The minimum atomic E-state index is -3.52. The SMILES string of the molecule is Cc1ccc(S(=O)(=O)N2CCC(C(=O)Nc3nc(CN4CC(C)CC(C)C4)cs3)CC2)cc1. The second kappa shape index (κ2) is 10.2. The highest BCUT2D eigenvalue weighted by Gasteiger charge is 2.32. The van der Waals surface area contributed by atoms with Crippen LogP contribution in [0.15, 0.2) is 34.5 Å². The van der Waals surface area contributed by atoms with Crippen LogP contribution in [0, 0.1) is 24.7 Å². The van der Waals surface area contributed by atoms with Crippen LogP contribution in [0.25, 0.3) is 0 Å². The first-order valence-electron chi connectivity index (χ1n) is 11.7. The van der Waals surface area contributed by atoms with Gasteiger partial charge in [-0.25, -0.2) is 13.4 Å². The van der Waals surface area contributed by atoms with Crippen molar-refractivity contribution in [2.24, 2.45) is 17.8 Å². The number of aromatic nitrogens is 1. The molecule has 2 fully saturated rings. The van der Waals surface area contributed by atoms with E-state index >= 15 is 0 Å². The van der Waals surface area contributed by atoms with Gasteiger partial charge in [0, 0.05) is 44.0 Å². The number of sulfonamides is 1. The molecule has 0 radical (unpaired) electrons. The number of rotatable bonds is 6. The van der Waals surface area contributed by atoms with Crippen LogP contribution in [0.5, 0.6) is 0 Å². The van der Waals surface area contributed by atoms with Crippen molar-refractivity contribution in [2.45, 2.75) is 51.5 Å². The molecule has 4 rings (SSSR count). The molecule has 1 amide bonds. The molecule has 3 heterocycles. The normalized spacial score (nSPS) is 23.5. The number of hydrogen-bond donors (Lipinski definition) is 1. The summed E-state index contributed by atoms with van der Waals surface area (Å²) in [6, 6.07) is 6.91. The fraction of sp³-hybridized carbons (Fsp3) is 0.583. The Bertz CT molecular complexity index is 1050. The van der Waals surface area contributed by atoms with Gasteiger partial charge in [-0.1, -0.05) is 31.5 Å². The molecular weight excluding hydrogens is 456 g/mol. The van der Waals surface area contributed by atoms with Crippen molar-refractivity contribution < 1.29 is 13.2 Å². The molecule has 2 aromatic rings. The first-order chi connectivity index (χ1) is 15.7. The zero-order valence-electron chi connectivity index (χ0n) is 19.7. The van der Waals surface area contributed by atoms with Gasteiger partial charge in [0.25, 0.3) is 0 Å². The molecule has 1 aromatic carbocycles. The average Bonchev–Trinajstić information content (AvgIpc) is 3.20. The summed E-state index contributed by atoms with van der Waals surface area (Å²) in [4.78, 5) is 20.2. The molecule has 2 unspecified atom stereocenters. The molecule has 2 aliphatic rings. The van der Waals surface area contributed by atoms with Gasteiger partial charge < -0.3 is 5.32 Å². The zero-order chi connectivity index (χ0) is 23.6. The van der Waals surface area contributed by atoms with Crippen molar-refractivity contribution in [1.82, 2.24) is 14.2 Å². The van der Waals surface area contributed by atoms with Crippen molar-refractivity contribution in [1.29, 1.82) is 0 Å². The molecule has 33 heavy (non-hydrogen) atoms. The number of benzene rings is 1. The van der Waals surface area contributed by atoms with Gasteiger partial charge in [-0.3, -0.25) is 9.69 Å². The number of amides is 1. The molecule has 1 N–H and O–H groups in total. The van der Waals surface area contributed by atoms with E-state index in [1.165, 1.54) is 22.1 Å². The van der Waals surface area contributed by atoms with E-state index in [4.69, 9.17) is 0 Å². The maximum atomic E-state index is 12.9. The van der Waals surface area contributed by atoms with Gasteiger partial charge in [-0.2, -0.15) is 4.31 Å². The lowest BCUT2D eigenvalue weighted by atomic mass is 9.92. The Balaban J connectivity index is 1.28. The lowest BCUT2D eigenvalue weighted by Gasteiger charge is -2.34. The third kappa shape index (κ3) is 6.01. The van der Waals surface area contributed by atoms with Crippen LogP contribution in [0.2, 0.25) is 0 Å². The summed E-state index contributed by atoms with van der Waals surface area (Å²) in [6.07, 6.45) is 2.30. The molecule has 180 valence electrons. The Morgan fingerprint density at radius 1 is 1.12 bits per heavy atom. The minimum absolute atomic E-state index is 0.0662. The van der Waals surface area contributed by atoms with Gasteiger partial charge in [0.05, 0.1) is 10.6 Å². The topological polar surface area (TPSA) is 82.6 Å². The smallest absolute Gasteiger partial charge is 0.243 e. The van der Waals surface area contributed by atoms with Gasteiger partial charge in [-0.15, -0.1) is 11.3 Å². The maximum Gasteiger partial charge on any atom is 0.243 e. The number of anilines is 1. The number of likely N-dealkylation sites (tertiary alicyclic amines) is 1. The van der Waals surface area contributed by atoms with E-state index in [1.807, 2.05) is 24.4 Å². The van der Waals surface area contributed by atoms with Gasteiger partial charge >= 0.3 is 0 Å². The van der Waals surface area contributed by atoms with Gasteiger partial charge in [0.2, 0.25) is 15.9 Å². The van der Waals surface area contributed by atoms with Crippen molar-refractivity contribution in [3.8, 4) is 0 Å². The number of carbonyl (C=O) groups is 1. The molecule has 0 bridgehead atoms. The summed E-state index contributed by atoms with van der Waals surface area (Å²) in [5.41, 5.74) is 2.02. The second-order valence-corrected chi connectivity index (χ2v) is 12.6.